The van der Waals surface area contributed by atoms with Crippen molar-refractivity contribution < 1.29 is 18.8 Å². The van der Waals surface area contributed by atoms with E-state index in [4.69, 9.17) is 9.16 Å². The van der Waals surface area contributed by atoms with Gasteiger partial charge in [-0.25, -0.2) is 4.79 Å². The van der Waals surface area contributed by atoms with Crippen LogP contribution in [0.1, 0.15) is 127 Å². The number of rotatable bonds is 8. The van der Waals surface area contributed by atoms with E-state index in [1.165, 1.54) is 18.4 Å². The zero-order valence-electron chi connectivity index (χ0n) is 27.4. The predicted molar refractivity (Wildman–Crippen MR) is 174 cm³/mol. The second-order valence-corrected chi connectivity index (χ2v) is 20.5. The van der Waals surface area contributed by atoms with E-state index in [0.29, 0.717) is 16.5 Å². The lowest BCUT2D eigenvalue weighted by Gasteiger charge is -2.43. The van der Waals surface area contributed by atoms with E-state index in [1.807, 2.05) is 11.0 Å². The van der Waals surface area contributed by atoms with Crippen LogP contribution >= 0.6 is 11.3 Å². The molecule has 0 aromatic carbocycles. The summed E-state index contributed by atoms with van der Waals surface area (Å²) in [6.45, 7) is 20.2. The summed E-state index contributed by atoms with van der Waals surface area (Å²) in [5.74, 6) is 7.20. The van der Waals surface area contributed by atoms with Crippen LogP contribution < -0.4 is 4.90 Å². The summed E-state index contributed by atoms with van der Waals surface area (Å²) in [5.41, 5.74) is 0.582. The van der Waals surface area contributed by atoms with Gasteiger partial charge in [0.2, 0.25) is 5.91 Å². The molecule has 0 saturated heterocycles. The van der Waals surface area contributed by atoms with Gasteiger partial charge in [0, 0.05) is 23.5 Å². The van der Waals surface area contributed by atoms with Crippen LogP contribution in [-0.4, -0.2) is 39.4 Å². The maximum absolute atomic E-state index is 14.3. The van der Waals surface area contributed by atoms with Gasteiger partial charge in [0.25, 0.3) is 0 Å². The Hall–Kier alpha value is -1.62. The number of methoxy groups -OCH3 is 1. The lowest BCUT2D eigenvalue weighted by Crippen LogP contribution is -2.49. The van der Waals surface area contributed by atoms with Crippen molar-refractivity contribution in [3.8, 4) is 11.8 Å². The minimum atomic E-state index is -1.87. The van der Waals surface area contributed by atoms with Gasteiger partial charge in [-0.15, -0.1) is 11.3 Å². The number of amides is 1. The van der Waals surface area contributed by atoms with Gasteiger partial charge in [-0.2, -0.15) is 0 Å². The molecular formula is C34H55NO4SSi. The van der Waals surface area contributed by atoms with Crippen LogP contribution in [0.25, 0.3) is 0 Å². The molecule has 5 nitrogen and oxygen atoms in total. The van der Waals surface area contributed by atoms with Gasteiger partial charge < -0.3 is 14.1 Å². The molecule has 0 atom stereocenters. The fraction of sp³-hybridized carbons (Fsp3) is 0.765. The van der Waals surface area contributed by atoms with E-state index in [1.54, 1.807) is 0 Å². The zero-order chi connectivity index (χ0) is 30.6. The van der Waals surface area contributed by atoms with Gasteiger partial charge in [0.15, 0.2) is 8.32 Å². The van der Waals surface area contributed by atoms with Crippen molar-refractivity contribution in [3.63, 3.8) is 0 Å². The highest BCUT2D eigenvalue weighted by Gasteiger charge is 2.42. The number of anilines is 1. The third-order valence-corrected chi connectivity index (χ3v) is 15.2. The quantitative estimate of drug-likeness (QED) is 0.169. The first-order valence-corrected chi connectivity index (χ1v) is 19.6. The zero-order valence-corrected chi connectivity index (χ0v) is 29.3. The molecule has 230 valence electrons. The smallest absolute Gasteiger partial charge is 0.350 e. The molecule has 0 N–H and O–H groups in total. The average molecular weight is 602 g/mol. The number of carbonyl (C=O) groups excluding carboxylic acids is 2. The molecule has 1 aromatic rings. The Morgan fingerprint density at radius 1 is 1.02 bits per heavy atom. The number of ether oxygens (including phenoxy) is 1. The first-order chi connectivity index (χ1) is 19.1. The highest BCUT2D eigenvalue weighted by atomic mass is 32.1. The Balaban J connectivity index is 1.96. The molecule has 1 amide bonds. The third kappa shape index (κ3) is 8.71. The predicted octanol–water partition coefficient (Wildman–Crippen LogP) is 9.20. The van der Waals surface area contributed by atoms with E-state index in [2.05, 4.69) is 73.4 Å². The molecule has 2 saturated carbocycles. The summed E-state index contributed by atoms with van der Waals surface area (Å²) in [6, 6.07) is 2.02. The molecule has 41 heavy (non-hydrogen) atoms. The number of hydrogen-bond donors (Lipinski definition) is 0. The van der Waals surface area contributed by atoms with Gasteiger partial charge in [0.05, 0.1) is 17.7 Å². The Morgan fingerprint density at radius 3 is 2.17 bits per heavy atom. The van der Waals surface area contributed by atoms with E-state index in [-0.39, 0.29) is 34.4 Å². The summed E-state index contributed by atoms with van der Waals surface area (Å²) in [4.78, 5) is 30.7. The van der Waals surface area contributed by atoms with Crippen molar-refractivity contribution in [1.82, 2.24) is 0 Å². The van der Waals surface area contributed by atoms with Crippen LogP contribution in [0.5, 0.6) is 0 Å². The minimum absolute atomic E-state index is 0.00387. The number of thiophene rings is 1. The SMILES string of the molecule is CCCC(C)(C)C#Cc1cc(N(C(=O)C2CCC(C)CC2)C2CCC(O[Si](C)(C)C(C)(C)C)CC2)c(C(=O)OC)s1. The highest BCUT2D eigenvalue weighted by molar-refractivity contribution is 7.15. The minimum Gasteiger partial charge on any atom is -0.465 e. The first kappa shape index (κ1) is 33.9. The monoisotopic (exact) mass is 601 g/mol. The second-order valence-electron chi connectivity index (χ2n) is 14.7. The molecule has 1 aromatic heterocycles. The van der Waals surface area contributed by atoms with E-state index >= 15 is 0 Å². The first-order valence-electron chi connectivity index (χ1n) is 15.8. The Labute approximate surface area is 255 Å². The molecule has 0 unspecified atom stereocenters. The van der Waals surface area contributed by atoms with Crippen molar-refractivity contribution in [2.45, 2.75) is 143 Å². The second kappa shape index (κ2) is 13.8. The molecular weight excluding hydrogens is 547 g/mol. The van der Waals surface area contributed by atoms with E-state index < -0.39 is 14.3 Å². The summed E-state index contributed by atoms with van der Waals surface area (Å²) < 4.78 is 12.0. The normalized spacial score (nSPS) is 23.9. The van der Waals surface area contributed by atoms with Crippen LogP contribution in [0.2, 0.25) is 18.1 Å². The van der Waals surface area contributed by atoms with Crippen molar-refractivity contribution in [2.24, 2.45) is 17.3 Å². The molecule has 3 rings (SSSR count). The van der Waals surface area contributed by atoms with Gasteiger partial charge in [0.1, 0.15) is 4.88 Å². The van der Waals surface area contributed by atoms with Gasteiger partial charge in [-0.05, 0) is 102 Å². The molecule has 2 aliphatic rings. The average Bonchev–Trinajstić information content (AvgIpc) is 3.31. The standard InChI is InChI=1S/C34H55NO4SSi/c1-11-21-34(6,7)22-20-28-23-29(30(40-28)32(37)38-8)35(31(36)25-14-12-24(2)13-15-25)26-16-18-27(19-17-26)39-41(9,10)33(3,4)5/h23-27H,11-19,21H2,1-10H3. The highest BCUT2D eigenvalue weighted by Crippen LogP contribution is 2.42. The molecule has 0 spiro atoms. The molecule has 2 aliphatic carbocycles. The Morgan fingerprint density at radius 2 is 1.63 bits per heavy atom. The van der Waals surface area contributed by atoms with Crippen LogP contribution in [0, 0.1) is 29.1 Å². The lowest BCUT2D eigenvalue weighted by molar-refractivity contribution is -0.124. The van der Waals surface area contributed by atoms with Crippen LogP contribution in [0.4, 0.5) is 5.69 Å². The van der Waals surface area contributed by atoms with Gasteiger partial charge in [-0.1, -0.05) is 52.9 Å². The third-order valence-electron chi connectivity index (χ3n) is 9.62. The maximum Gasteiger partial charge on any atom is 0.350 e. The number of nitrogens with zero attached hydrogens (tertiary/aromatic N) is 1. The van der Waals surface area contributed by atoms with Gasteiger partial charge >= 0.3 is 5.97 Å². The molecule has 7 heteroatoms. The molecule has 0 aliphatic heterocycles. The maximum atomic E-state index is 14.3. The Bertz CT molecular complexity index is 1110. The number of hydrogen-bond acceptors (Lipinski definition) is 5. The molecule has 1 heterocycles. The van der Waals surface area contributed by atoms with Crippen molar-refractivity contribution in [1.29, 1.82) is 0 Å². The molecule has 0 radical (unpaired) electrons. The molecule has 0 bridgehead atoms. The van der Waals surface area contributed by atoms with E-state index in [9.17, 15) is 9.59 Å². The fourth-order valence-electron chi connectivity index (χ4n) is 5.99. The molecule has 2 fully saturated rings. The van der Waals surface area contributed by atoms with Gasteiger partial charge in [-0.3, -0.25) is 4.79 Å². The van der Waals surface area contributed by atoms with Crippen LogP contribution in [0.15, 0.2) is 6.07 Å². The summed E-state index contributed by atoms with van der Waals surface area (Å²) in [7, 11) is -0.456. The van der Waals surface area contributed by atoms with Crippen molar-refractivity contribution in [3.05, 3.63) is 15.8 Å². The Kier molecular flexibility index (Phi) is 11.4. The summed E-state index contributed by atoms with van der Waals surface area (Å²) in [5, 5.41) is 0.166. The topological polar surface area (TPSA) is 55.8 Å². The van der Waals surface area contributed by atoms with E-state index in [0.717, 1.165) is 69.1 Å². The van der Waals surface area contributed by atoms with Crippen LogP contribution in [0.3, 0.4) is 0 Å². The number of esters is 1. The van der Waals surface area contributed by atoms with Crippen molar-refractivity contribution >= 4 is 37.2 Å². The largest absolute Gasteiger partial charge is 0.465 e. The lowest BCUT2D eigenvalue weighted by atomic mass is 9.81. The van der Waals surface area contributed by atoms with Crippen molar-refractivity contribution in [2.75, 3.05) is 12.0 Å². The summed E-state index contributed by atoms with van der Waals surface area (Å²) >= 11 is 1.36. The van der Waals surface area contributed by atoms with Crippen LogP contribution in [-0.2, 0) is 14.0 Å². The fourth-order valence-corrected chi connectivity index (χ4v) is 8.34. The summed E-state index contributed by atoms with van der Waals surface area (Å²) in [6.07, 6.45) is 9.88. The number of carbonyl (C=O) groups is 2.